The Morgan fingerprint density at radius 2 is 2.11 bits per heavy atom. The lowest BCUT2D eigenvalue weighted by molar-refractivity contribution is -0.155. The Morgan fingerprint density at radius 1 is 1.50 bits per heavy atom. The minimum Gasteiger partial charge on any atom is -0.479 e. The minimum absolute atomic E-state index is 0.0157. The molecule has 0 heterocycles. The van der Waals surface area contributed by atoms with E-state index in [2.05, 4.69) is 0 Å². The molecule has 1 unspecified atom stereocenters. The maximum absolute atomic E-state index is 13.8. The Balaban J connectivity index is 3.35. The number of nitrogens with zero attached hydrogens (tertiary/aromatic N) is 1. The molecule has 0 aromatic heterocycles. The molecule has 0 aliphatic heterocycles. The lowest BCUT2D eigenvalue weighted by Gasteiger charge is -2.35. The molecule has 98 valence electrons. The van der Waals surface area contributed by atoms with Crippen molar-refractivity contribution in [3.63, 3.8) is 0 Å². The molecule has 1 aromatic rings. The SMILES string of the molecule is CCCN(C=O)C(C)(C(=O)O)c1ccccc1F. The van der Waals surface area contributed by atoms with E-state index in [1.807, 2.05) is 6.92 Å². The highest BCUT2D eigenvalue weighted by molar-refractivity contribution is 5.82. The largest absolute Gasteiger partial charge is 0.479 e. The number of carboxylic acids is 1. The lowest BCUT2D eigenvalue weighted by atomic mass is 9.89. The first-order chi connectivity index (χ1) is 8.48. The Labute approximate surface area is 105 Å². The molecule has 1 N–H and O–H groups in total. The Bertz CT molecular complexity index is 450. The third-order valence-electron chi connectivity index (χ3n) is 2.98. The molecular weight excluding hydrogens is 237 g/mol. The van der Waals surface area contributed by atoms with Gasteiger partial charge in [-0.05, 0) is 19.4 Å². The number of carbonyl (C=O) groups is 2. The fourth-order valence-corrected chi connectivity index (χ4v) is 1.87. The molecular formula is C13H16FNO3. The molecule has 0 saturated heterocycles. The van der Waals surface area contributed by atoms with E-state index in [4.69, 9.17) is 0 Å². The van der Waals surface area contributed by atoms with Crippen molar-refractivity contribution in [2.24, 2.45) is 0 Å². The van der Waals surface area contributed by atoms with E-state index in [-0.39, 0.29) is 12.1 Å². The monoisotopic (exact) mass is 253 g/mol. The third kappa shape index (κ3) is 2.34. The molecule has 4 nitrogen and oxygen atoms in total. The second-order valence-corrected chi connectivity index (χ2v) is 4.16. The summed E-state index contributed by atoms with van der Waals surface area (Å²) in [6, 6.07) is 5.60. The van der Waals surface area contributed by atoms with Crippen LogP contribution in [0.4, 0.5) is 4.39 Å². The van der Waals surface area contributed by atoms with Crippen LogP contribution in [0.5, 0.6) is 0 Å². The van der Waals surface area contributed by atoms with Crippen molar-refractivity contribution in [2.45, 2.75) is 25.8 Å². The van der Waals surface area contributed by atoms with Crippen LogP contribution in [0.25, 0.3) is 0 Å². The molecule has 0 saturated carbocycles. The van der Waals surface area contributed by atoms with E-state index in [9.17, 15) is 19.1 Å². The van der Waals surface area contributed by atoms with Crippen LogP contribution >= 0.6 is 0 Å². The molecule has 1 rings (SSSR count). The van der Waals surface area contributed by atoms with Crippen LogP contribution < -0.4 is 0 Å². The Hall–Kier alpha value is -1.91. The predicted octanol–water partition coefficient (Wildman–Crippen LogP) is 1.99. The van der Waals surface area contributed by atoms with E-state index in [1.165, 1.54) is 25.1 Å². The number of benzene rings is 1. The van der Waals surface area contributed by atoms with Crippen LogP contribution in [0.1, 0.15) is 25.8 Å². The molecule has 18 heavy (non-hydrogen) atoms. The number of aliphatic carboxylic acids is 1. The van der Waals surface area contributed by atoms with Crippen LogP contribution in [0.3, 0.4) is 0 Å². The second-order valence-electron chi connectivity index (χ2n) is 4.16. The van der Waals surface area contributed by atoms with Crippen molar-refractivity contribution in [3.8, 4) is 0 Å². The highest BCUT2D eigenvalue weighted by Gasteiger charge is 2.42. The van der Waals surface area contributed by atoms with Crippen LogP contribution in [0, 0.1) is 5.82 Å². The van der Waals surface area contributed by atoms with E-state index in [0.717, 1.165) is 4.90 Å². The van der Waals surface area contributed by atoms with Crippen LogP contribution in [-0.4, -0.2) is 28.9 Å². The topological polar surface area (TPSA) is 57.6 Å². The van der Waals surface area contributed by atoms with Gasteiger partial charge in [-0.3, -0.25) is 4.79 Å². The highest BCUT2D eigenvalue weighted by atomic mass is 19.1. The molecule has 0 radical (unpaired) electrons. The summed E-state index contributed by atoms with van der Waals surface area (Å²) in [6.45, 7) is 3.40. The molecule has 0 aliphatic rings. The van der Waals surface area contributed by atoms with Crippen LogP contribution in [0.15, 0.2) is 24.3 Å². The van der Waals surface area contributed by atoms with Gasteiger partial charge in [0.25, 0.3) is 0 Å². The van der Waals surface area contributed by atoms with Gasteiger partial charge in [-0.1, -0.05) is 25.1 Å². The number of rotatable bonds is 6. The summed E-state index contributed by atoms with van der Waals surface area (Å²) in [5.74, 6) is -1.89. The van der Waals surface area contributed by atoms with Gasteiger partial charge in [-0.2, -0.15) is 0 Å². The molecule has 1 amide bonds. The standard InChI is InChI=1S/C13H16FNO3/c1-3-8-15(9-16)13(2,12(17)18)10-6-4-5-7-11(10)14/h4-7,9H,3,8H2,1-2H3,(H,17,18). The molecule has 5 heteroatoms. The average Bonchev–Trinajstić information content (AvgIpc) is 2.35. The normalized spacial score (nSPS) is 13.7. The van der Waals surface area contributed by atoms with Gasteiger partial charge < -0.3 is 10.0 Å². The van der Waals surface area contributed by atoms with E-state index in [1.54, 1.807) is 6.07 Å². The van der Waals surface area contributed by atoms with Crippen molar-refractivity contribution in [3.05, 3.63) is 35.6 Å². The quantitative estimate of drug-likeness (QED) is 0.789. The highest BCUT2D eigenvalue weighted by Crippen LogP contribution is 2.30. The maximum atomic E-state index is 13.8. The smallest absolute Gasteiger partial charge is 0.334 e. The Morgan fingerprint density at radius 3 is 2.56 bits per heavy atom. The number of hydrogen-bond donors (Lipinski definition) is 1. The van der Waals surface area contributed by atoms with Gasteiger partial charge in [0.15, 0.2) is 5.54 Å². The third-order valence-corrected chi connectivity index (χ3v) is 2.98. The molecule has 0 bridgehead atoms. The van der Waals surface area contributed by atoms with Crippen molar-refractivity contribution in [2.75, 3.05) is 6.54 Å². The Kier molecular flexibility index (Phi) is 4.42. The fourth-order valence-electron chi connectivity index (χ4n) is 1.87. The van der Waals surface area contributed by atoms with E-state index in [0.29, 0.717) is 12.8 Å². The summed E-state index contributed by atoms with van der Waals surface area (Å²) >= 11 is 0. The lowest BCUT2D eigenvalue weighted by Crippen LogP contribution is -2.50. The zero-order valence-corrected chi connectivity index (χ0v) is 10.4. The number of hydrogen-bond acceptors (Lipinski definition) is 2. The van der Waals surface area contributed by atoms with Crippen molar-refractivity contribution in [1.82, 2.24) is 4.90 Å². The fraction of sp³-hybridized carbons (Fsp3) is 0.385. The van der Waals surface area contributed by atoms with Gasteiger partial charge in [0.05, 0.1) is 0 Å². The number of halogens is 1. The summed E-state index contributed by atoms with van der Waals surface area (Å²) in [5, 5.41) is 9.37. The van der Waals surface area contributed by atoms with Gasteiger partial charge in [0, 0.05) is 12.1 Å². The predicted molar refractivity (Wildman–Crippen MR) is 64.4 cm³/mol. The summed E-state index contributed by atoms with van der Waals surface area (Å²) in [6.07, 6.45) is 1.04. The average molecular weight is 253 g/mol. The van der Waals surface area contributed by atoms with Crippen molar-refractivity contribution < 1.29 is 19.1 Å². The first kappa shape index (κ1) is 14.2. The van der Waals surface area contributed by atoms with E-state index < -0.39 is 17.3 Å². The zero-order valence-electron chi connectivity index (χ0n) is 10.4. The number of carbonyl (C=O) groups excluding carboxylic acids is 1. The van der Waals surface area contributed by atoms with Crippen molar-refractivity contribution >= 4 is 12.4 Å². The van der Waals surface area contributed by atoms with E-state index >= 15 is 0 Å². The zero-order chi connectivity index (χ0) is 13.8. The van der Waals surface area contributed by atoms with Crippen LogP contribution in [0.2, 0.25) is 0 Å². The molecule has 1 atom stereocenters. The van der Waals surface area contributed by atoms with Gasteiger partial charge in [0.2, 0.25) is 6.41 Å². The van der Waals surface area contributed by atoms with Gasteiger partial charge in [-0.25, -0.2) is 9.18 Å². The summed E-state index contributed by atoms with van der Waals surface area (Å²) in [5.41, 5.74) is -1.71. The molecule has 0 fully saturated rings. The number of carboxylic acid groups (broad SMARTS) is 1. The minimum atomic E-state index is -1.69. The number of amides is 1. The summed E-state index contributed by atoms with van der Waals surface area (Å²) < 4.78 is 13.8. The van der Waals surface area contributed by atoms with Crippen LogP contribution in [-0.2, 0) is 15.1 Å². The molecule has 0 aliphatic carbocycles. The molecule has 1 aromatic carbocycles. The van der Waals surface area contributed by atoms with Gasteiger partial charge >= 0.3 is 5.97 Å². The first-order valence-corrected chi connectivity index (χ1v) is 5.68. The summed E-state index contributed by atoms with van der Waals surface area (Å²) in [7, 11) is 0. The molecule has 0 spiro atoms. The first-order valence-electron chi connectivity index (χ1n) is 5.68. The van der Waals surface area contributed by atoms with Gasteiger partial charge in [0.1, 0.15) is 5.82 Å². The second kappa shape index (κ2) is 5.62. The summed E-state index contributed by atoms with van der Waals surface area (Å²) in [4.78, 5) is 23.7. The van der Waals surface area contributed by atoms with Gasteiger partial charge in [-0.15, -0.1) is 0 Å². The maximum Gasteiger partial charge on any atom is 0.334 e. The van der Waals surface area contributed by atoms with Crippen molar-refractivity contribution in [1.29, 1.82) is 0 Å².